The summed E-state index contributed by atoms with van der Waals surface area (Å²) in [7, 11) is -3.64. The van der Waals surface area contributed by atoms with E-state index in [0.717, 1.165) is 18.5 Å². The molecule has 112 valence electrons. The van der Waals surface area contributed by atoms with E-state index in [-0.39, 0.29) is 4.90 Å². The number of hydrogen-bond donors (Lipinski definition) is 2. The largest absolute Gasteiger partial charge is 0.346 e. The Bertz CT molecular complexity index is 768. The van der Waals surface area contributed by atoms with Gasteiger partial charge in [-0.1, -0.05) is 0 Å². The molecule has 2 aromatic heterocycles. The fraction of sp³-hybridized carbons (Fsp3) is 0.308. The normalized spacial score (nSPS) is 15.1. The summed E-state index contributed by atoms with van der Waals surface area (Å²) in [4.78, 5) is 4.14. The third-order valence-electron chi connectivity index (χ3n) is 3.38. The van der Waals surface area contributed by atoms with Crippen molar-refractivity contribution >= 4 is 31.6 Å². The summed E-state index contributed by atoms with van der Waals surface area (Å²) in [6.07, 6.45) is 6.88. The summed E-state index contributed by atoms with van der Waals surface area (Å²) in [6, 6.07) is 3.62. The summed E-state index contributed by atoms with van der Waals surface area (Å²) in [6.45, 7) is 0.324. The molecule has 3 N–H and O–H groups in total. The van der Waals surface area contributed by atoms with Gasteiger partial charge in [0.1, 0.15) is 4.90 Å². The first-order valence-corrected chi connectivity index (χ1v) is 8.82. The second-order valence-corrected chi connectivity index (χ2v) is 7.51. The van der Waals surface area contributed by atoms with Crippen LogP contribution in [0.25, 0.3) is 0 Å². The highest BCUT2D eigenvalue weighted by molar-refractivity contribution is 9.10. The van der Waals surface area contributed by atoms with Crippen LogP contribution in [0.5, 0.6) is 0 Å². The molecule has 3 rings (SSSR count). The number of halogens is 1. The molecule has 0 saturated heterocycles. The maximum Gasteiger partial charge on any atom is 0.263 e. The molecule has 0 unspecified atom stereocenters. The second-order valence-electron chi connectivity index (χ2n) is 4.97. The van der Waals surface area contributed by atoms with E-state index in [1.54, 1.807) is 24.5 Å². The fourth-order valence-electron chi connectivity index (χ4n) is 2.16. The number of nitrogens with two attached hydrogens (primary N) is 1. The standard InChI is InChI=1S/C13H15BrN4O2S/c14-12-7-16-4-3-13(12)17-21(19,20)11-5-10(6-15)18(8-11)9-1-2-9/h3-5,7-9H,1-2,6,15H2,(H,16,17). The number of nitrogens with one attached hydrogen (secondary N) is 1. The first kappa shape index (κ1) is 14.6. The molecule has 0 atom stereocenters. The van der Waals surface area contributed by atoms with Crippen molar-refractivity contribution in [1.82, 2.24) is 9.55 Å². The van der Waals surface area contributed by atoms with Gasteiger partial charge >= 0.3 is 0 Å². The van der Waals surface area contributed by atoms with E-state index in [0.29, 0.717) is 22.7 Å². The molecule has 2 heterocycles. The zero-order valence-electron chi connectivity index (χ0n) is 11.2. The van der Waals surface area contributed by atoms with Gasteiger partial charge in [-0.2, -0.15) is 0 Å². The predicted octanol–water partition coefficient (Wildman–Crippen LogP) is 2.24. The van der Waals surface area contributed by atoms with Crippen molar-refractivity contribution in [2.45, 2.75) is 30.3 Å². The Kier molecular flexibility index (Phi) is 3.76. The van der Waals surface area contributed by atoms with Gasteiger partial charge in [0.2, 0.25) is 0 Å². The van der Waals surface area contributed by atoms with Crippen molar-refractivity contribution in [2.75, 3.05) is 4.72 Å². The van der Waals surface area contributed by atoms with Crippen LogP contribution in [-0.2, 0) is 16.6 Å². The fourth-order valence-corrected chi connectivity index (χ4v) is 3.77. The minimum Gasteiger partial charge on any atom is -0.346 e. The molecule has 1 fully saturated rings. The Morgan fingerprint density at radius 2 is 2.24 bits per heavy atom. The Morgan fingerprint density at radius 3 is 2.86 bits per heavy atom. The minimum absolute atomic E-state index is 0.235. The van der Waals surface area contributed by atoms with E-state index in [1.807, 2.05) is 4.57 Å². The zero-order chi connectivity index (χ0) is 15.0. The molecule has 0 radical (unpaired) electrons. The molecule has 0 aromatic carbocycles. The Morgan fingerprint density at radius 1 is 1.48 bits per heavy atom. The van der Waals surface area contributed by atoms with Crippen molar-refractivity contribution in [2.24, 2.45) is 5.73 Å². The highest BCUT2D eigenvalue weighted by Crippen LogP contribution is 2.37. The van der Waals surface area contributed by atoms with Gasteiger partial charge in [0.25, 0.3) is 10.0 Å². The van der Waals surface area contributed by atoms with Gasteiger partial charge in [0.05, 0.1) is 10.2 Å². The zero-order valence-corrected chi connectivity index (χ0v) is 13.6. The lowest BCUT2D eigenvalue weighted by Crippen LogP contribution is -2.12. The van der Waals surface area contributed by atoms with Gasteiger partial charge in [-0.25, -0.2) is 8.42 Å². The average Bonchev–Trinajstić information content (AvgIpc) is 3.19. The number of hydrogen-bond acceptors (Lipinski definition) is 4. The first-order valence-electron chi connectivity index (χ1n) is 6.54. The van der Waals surface area contributed by atoms with Crippen molar-refractivity contribution in [3.63, 3.8) is 0 Å². The Balaban J connectivity index is 1.93. The third kappa shape index (κ3) is 2.97. The van der Waals surface area contributed by atoms with E-state index < -0.39 is 10.0 Å². The van der Waals surface area contributed by atoms with Crippen LogP contribution in [0.1, 0.15) is 24.6 Å². The smallest absolute Gasteiger partial charge is 0.263 e. The van der Waals surface area contributed by atoms with Crippen molar-refractivity contribution in [1.29, 1.82) is 0 Å². The molecular weight excluding hydrogens is 356 g/mol. The molecule has 21 heavy (non-hydrogen) atoms. The van der Waals surface area contributed by atoms with Crippen LogP contribution >= 0.6 is 15.9 Å². The molecule has 0 bridgehead atoms. The molecule has 1 saturated carbocycles. The Hall–Kier alpha value is -1.38. The quantitative estimate of drug-likeness (QED) is 0.844. The maximum absolute atomic E-state index is 12.5. The monoisotopic (exact) mass is 370 g/mol. The maximum atomic E-state index is 12.5. The van der Waals surface area contributed by atoms with Crippen molar-refractivity contribution in [3.05, 3.63) is 40.9 Å². The van der Waals surface area contributed by atoms with E-state index >= 15 is 0 Å². The minimum atomic E-state index is -3.64. The predicted molar refractivity (Wildman–Crippen MR) is 83.3 cm³/mol. The molecule has 0 amide bonds. The van der Waals surface area contributed by atoms with E-state index in [1.165, 1.54) is 6.20 Å². The Labute approximate surface area is 131 Å². The number of anilines is 1. The number of aromatic nitrogens is 2. The van der Waals surface area contributed by atoms with Crippen LogP contribution in [0.15, 0.2) is 40.1 Å². The number of sulfonamides is 1. The van der Waals surface area contributed by atoms with Gasteiger partial charge in [0, 0.05) is 36.9 Å². The molecule has 1 aliphatic rings. The summed E-state index contributed by atoms with van der Waals surface area (Å²) in [5, 5.41) is 0. The van der Waals surface area contributed by atoms with Crippen LogP contribution in [0.2, 0.25) is 0 Å². The molecule has 6 nitrogen and oxygen atoms in total. The van der Waals surface area contributed by atoms with E-state index in [9.17, 15) is 8.42 Å². The summed E-state index contributed by atoms with van der Waals surface area (Å²) < 4.78 is 30.1. The van der Waals surface area contributed by atoms with Gasteiger partial charge in [-0.3, -0.25) is 9.71 Å². The van der Waals surface area contributed by atoms with Crippen LogP contribution in [-0.4, -0.2) is 18.0 Å². The molecule has 8 heteroatoms. The summed E-state index contributed by atoms with van der Waals surface area (Å²) in [5.41, 5.74) is 6.99. The lowest BCUT2D eigenvalue weighted by molar-refractivity contribution is 0.600. The number of rotatable bonds is 5. The number of nitrogens with zero attached hydrogens (tertiary/aromatic N) is 2. The summed E-state index contributed by atoms with van der Waals surface area (Å²) >= 11 is 3.27. The highest BCUT2D eigenvalue weighted by atomic mass is 79.9. The van der Waals surface area contributed by atoms with Crippen LogP contribution < -0.4 is 10.5 Å². The molecule has 0 spiro atoms. The summed E-state index contributed by atoms with van der Waals surface area (Å²) in [5.74, 6) is 0. The topological polar surface area (TPSA) is 90.0 Å². The number of pyridine rings is 1. The first-order chi connectivity index (χ1) is 10.0. The average molecular weight is 371 g/mol. The van der Waals surface area contributed by atoms with Gasteiger partial charge in [-0.15, -0.1) is 0 Å². The van der Waals surface area contributed by atoms with Crippen molar-refractivity contribution < 1.29 is 8.42 Å². The van der Waals surface area contributed by atoms with E-state index in [4.69, 9.17) is 5.73 Å². The lowest BCUT2D eigenvalue weighted by atomic mass is 10.4. The molecule has 1 aliphatic carbocycles. The van der Waals surface area contributed by atoms with Crippen molar-refractivity contribution in [3.8, 4) is 0 Å². The highest BCUT2D eigenvalue weighted by Gasteiger charge is 2.28. The van der Waals surface area contributed by atoms with Crippen LogP contribution in [0.4, 0.5) is 5.69 Å². The second kappa shape index (κ2) is 5.43. The molecular formula is C13H15BrN4O2S. The SMILES string of the molecule is NCc1cc(S(=O)(=O)Nc2ccncc2Br)cn1C1CC1. The van der Waals surface area contributed by atoms with Crippen LogP contribution in [0.3, 0.4) is 0 Å². The van der Waals surface area contributed by atoms with E-state index in [2.05, 4.69) is 25.6 Å². The molecule has 0 aliphatic heterocycles. The van der Waals surface area contributed by atoms with Gasteiger partial charge in [0.15, 0.2) is 0 Å². The van der Waals surface area contributed by atoms with Gasteiger partial charge in [-0.05, 0) is 40.9 Å². The van der Waals surface area contributed by atoms with Gasteiger partial charge < -0.3 is 10.3 Å². The van der Waals surface area contributed by atoms with Crippen LogP contribution in [0, 0.1) is 0 Å². The molecule has 2 aromatic rings. The third-order valence-corrected chi connectivity index (χ3v) is 5.35. The lowest BCUT2D eigenvalue weighted by Gasteiger charge is -2.07.